The maximum Gasteiger partial charge on any atom is 0.211 e. The fourth-order valence-electron chi connectivity index (χ4n) is 2.97. The first-order chi connectivity index (χ1) is 8.17. The molecule has 2 rings (SSSR count). The van der Waals surface area contributed by atoms with Crippen LogP contribution in [0.5, 0.6) is 0 Å². The molecule has 0 amide bonds. The van der Waals surface area contributed by atoms with Crippen LogP contribution in [-0.4, -0.2) is 44.7 Å². The molecule has 0 unspecified atom stereocenters. The Morgan fingerprint density at radius 2 is 1.65 bits per heavy atom. The number of rotatable bonds is 1. The monoisotopic (exact) mass is 260 g/mol. The molecule has 1 aliphatic heterocycles. The van der Waals surface area contributed by atoms with Crippen molar-refractivity contribution in [3.63, 3.8) is 0 Å². The van der Waals surface area contributed by atoms with E-state index in [1.165, 1.54) is 38.5 Å². The van der Waals surface area contributed by atoms with Crippen LogP contribution in [0, 0.1) is 0 Å². The number of hydrogen-bond acceptors (Lipinski definition) is 3. The molecule has 2 aliphatic rings. The normalized spacial score (nSPS) is 29.2. The van der Waals surface area contributed by atoms with Gasteiger partial charge in [0.1, 0.15) is 0 Å². The number of sulfonamides is 1. The van der Waals surface area contributed by atoms with Crippen LogP contribution in [0.25, 0.3) is 0 Å². The molecule has 0 aromatic carbocycles. The van der Waals surface area contributed by atoms with Gasteiger partial charge in [-0.1, -0.05) is 25.7 Å². The molecule has 1 saturated carbocycles. The van der Waals surface area contributed by atoms with Crippen LogP contribution >= 0.6 is 0 Å². The lowest BCUT2D eigenvalue weighted by atomic mass is 10.1. The Hall–Kier alpha value is -0.130. The van der Waals surface area contributed by atoms with Crippen molar-refractivity contribution in [1.82, 2.24) is 9.62 Å². The molecule has 1 heterocycles. The van der Waals surface area contributed by atoms with Crippen molar-refractivity contribution < 1.29 is 8.42 Å². The van der Waals surface area contributed by atoms with Gasteiger partial charge in [-0.3, -0.25) is 4.90 Å². The highest BCUT2D eigenvalue weighted by atomic mass is 32.2. The minimum Gasteiger partial charge on any atom is -0.299 e. The van der Waals surface area contributed by atoms with Gasteiger partial charge in [-0.25, -0.2) is 13.1 Å². The fourth-order valence-corrected chi connectivity index (χ4v) is 4.03. The van der Waals surface area contributed by atoms with Crippen molar-refractivity contribution in [3.05, 3.63) is 0 Å². The largest absolute Gasteiger partial charge is 0.299 e. The van der Waals surface area contributed by atoms with Crippen LogP contribution in [-0.2, 0) is 10.0 Å². The molecule has 4 nitrogen and oxygen atoms in total. The summed E-state index contributed by atoms with van der Waals surface area (Å²) in [5.74, 6) is 0.288. The minimum absolute atomic E-state index is 0.288. The number of nitrogens with zero attached hydrogens (tertiary/aromatic N) is 1. The van der Waals surface area contributed by atoms with Crippen LogP contribution in [0.1, 0.15) is 44.9 Å². The molecule has 0 spiro atoms. The van der Waals surface area contributed by atoms with Gasteiger partial charge in [0.15, 0.2) is 0 Å². The highest BCUT2D eigenvalue weighted by Crippen LogP contribution is 2.22. The Morgan fingerprint density at radius 1 is 0.941 bits per heavy atom. The maximum atomic E-state index is 11.4. The molecule has 5 heteroatoms. The van der Waals surface area contributed by atoms with E-state index < -0.39 is 10.0 Å². The lowest BCUT2D eigenvalue weighted by molar-refractivity contribution is 0.180. The topological polar surface area (TPSA) is 49.4 Å². The zero-order valence-corrected chi connectivity index (χ0v) is 11.3. The lowest BCUT2D eigenvalue weighted by Gasteiger charge is -2.32. The van der Waals surface area contributed by atoms with Gasteiger partial charge in [0, 0.05) is 19.1 Å². The van der Waals surface area contributed by atoms with Crippen LogP contribution < -0.4 is 4.72 Å². The van der Waals surface area contributed by atoms with Crippen LogP contribution in [0.15, 0.2) is 0 Å². The average molecular weight is 260 g/mol. The van der Waals surface area contributed by atoms with Crippen molar-refractivity contribution in [3.8, 4) is 0 Å². The molecule has 2 fully saturated rings. The molecule has 0 aromatic heterocycles. The first kappa shape index (κ1) is 13.3. The van der Waals surface area contributed by atoms with Gasteiger partial charge in [-0.2, -0.15) is 0 Å². The van der Waals surface area contributed by atoms with Crippen LogP contribution in [0.2, 0.25) is 0 Å². The smallest absolute Gasteiger partial charge is 0.211 e. The van der Waals surface area contributed by atoms with E-state index in [9.17, 15) is 8.42 Å². The summed E-state index contributed by atoms with van der Waals surface area (Å²) in [7, 11) is -2.98. The first-order valence-electron chi connectivity index (χ1n) is 6.89. The Morgan fingerprint density at radius 3 is 2.35 bits per heavy atom. The van der Waals surface area contributed by atoms with E-state index in [0.717, 1.165) is 19.5 Å². The van der Waals surface area contributed by atoms with Gasteiger partial charge in [-0.15, -0.1) is 0 Å². The molecule has 1 N–H and O–H groups in total. The van der Waals surface area contributed by atoms with Gasteiger partial charge in [0.05, 0.1) is 5.75 Å². The molecule has 0 radical (unpaired) electrons. The van der Waals surface area contributed by atoms with Crippen molar-refractivity contribution in [1.29, 1.82) is 0 Å². The summed E-state index contributed by atoms with van der Waals surface area (Å²) in [4.78, 5) is 2.51. The number of hydrogen-bond donors (Lipinski definition) is 1. The van der Waals surface area contributed by atoms with Crippen molar-refractivity contribution in [2.75, 3.05) is 25.4 Å². The lowest BCUT2D eigenvalue weighted by Crippen LogP contribution is -2.44. The average Bonchev–Trinajstić information content (AvgIpc) is 2.52. The van der Waals surface area contributed by atoms with Crippen molar-refractivity contribution in [2.24, 2.45) is 0 Å². The summed E-state index contributed by atoms with van der Waals surface area (Å²) >= 11 is 0. The van der Waals surface area contributed by atoms with E-state index in [0.29, 0.717) is 12.6 Å². The molecule has 100 valence electrons. The van der Waals surface area contributed by atoms with Gasteiger partial charge >= 0.3 is 0 Å². The quantitative estimate of drug-likeness (QED) is 0.724. The van der Waals surface area contributed by atoms with Crippen LogP contribution in [0.4, 0.5) is 0 Å². The Kier molecular flexibility index (Phi) is 4.82. The Labute approximate surface area is 105 Å². The third-order valence-corrected chi connectivity index (χ3v) is 5.39. The fraction of sp³-hybridized carbons (Fsp3) is 1.00. The van der Waals surface area contributed by atoms with Gasteiger partial charge in [0.25, 0.3) is 0 Å². The maximum absolute atomic E-state index is 11.4. The SMILES string of the molecule is O=S1(=O)CCCN(C2CCCCCC2)CCN1. The van der Waals surface area contributed by atoms with Gasteiger partial charge < -0.3 is 0 Å². The second-order valence-electron chi connectivity index (χ2n) is 5.25. The molecule has 0 atom stereocenters. The second kappa shape index (κ2) is 6.16. The molecular formula is C12H24N2O2S. The number of nitrogens with one attached hydrogen (secondary N) is 1. The summed E-state index contributed by atoms with van der Waals surface area (Å²) in [6.45, 7) is 2.41. The second-order valence-corrected chi connectivity index (χ2v) is 7.17. The zero-order valence-electron chi connectivity index (χ0n) is 10.5. The van der Waals surface area contributed by atoms with E-state index in [1.54, 1.807) is 0 Å². The highest BCUT2D eigenvalue weighted by molar-refractivity contribution is 7.89. The Balaban J connectivity index is 1.88. The zero-order chi connectivity index (χ0) is 12.1. The Bertz CT molecular complexity index is 305. The molecule has 17 heavy (non-hydrogen) atoms. The highest BCUT2D eigenvalue weighted by Gasteiger charge is 2.22. The van der Waals surface area contributed by atoms with Crippen LogP contribution in [0.3, 0.4) is 0 Å². The molecular weight excluding hydrogens is 236 g/mol. The van der Waals surface area contributed by atoms with Gasteiger partial charge in [0.2, 0.25) is 10.0 Å². The van der Waals surface area contributed by atoms with E-state index in [4.69, 9.17) is 0 Å². The van der Waals surface area contributed by atoms with Crippen molar-refractivity contribution >= 4 is 10.0 Å². The van der Waals surface area contributed by atoms with E-state index in [2.05, 4.69) is 9.62 Å². The van der Waals surface area contributed by atoms with E-state index in [1.807, 2.05) is 0 Å². The van der Waals surface area contributed by atoms with Crippen molar-refractivity contribution in [2.45, 2.75) is 51.0 Å². The summed E-state index contributed by atoms with van der Waals surface area (Å²) in [6, 6.07) is 0.695. The molecule has 1 saturated heterocycles. The third kappa shape index (κ3) is 4.23. The van der Waals surface area contributed by atoms with E-state index in [-0.39, 0.29) is 5.75 Å². The molecule has 1 aliphatic carbocycles. The predicted molar refractivity (Wildman–Crippen MR) is 69.5 cm³/mol. The summed E-state index contributed by atoms with van der Waals surface area (Å²) in [6.07, 6.45) is 8.79. The molecule has 0 bridgehead atoms. The summed E-state index contributed by atoms with van der Waals surface area (Å²) in [5.41, 5.74) is 0. The summed E-state index contributed by atoms with van der Waals surface area (Å²) in [5, 5.41) is 0. The first-order valence-corrected chi connectivity index (χ1v) is 8.54. The van der Waals surface area contributed by atoms with Gasteiger partial charge in [-0.05, 0) is 25.8 Å². The molecule has 0 aromatic rings. The minimum atomic E-state index is -2.98. The van der Waals surface area contributed by atoms with E-state index >= 15 is 0 Å². The summed E-state index contributed by atoms with van der Waals surface area (Å²) < 4.78 is 25.5. The third-order valence-electron chi connectivity index (χ3n) is 3.92. The predicted octanol–water partition coefficient (Wildman–Crippen LogP) is 1.33. The standard InChI is InChI=1S/C12H24N2O2S/c15-17(16)11-5-9-14(10-8-13-17)12-6-3-1-2-4-7-12/h12-13H,1-11H2.